The highest BCUT2D eigenvalue weighted by atomic mass is 16.7. The van der Waals surface area contributed by atoms with E-state index < -0.39 is 17.1 Å². The molecule has 46 heavy (non-hydrogen) atoms. The predicted octanol–water partition coefficient (Wildman–Crippen LogP) is 6.58. The molecule has 0 bridgehead atoms. The molecule has 2 saturated heterocycles. The zero-order valence-corrected chi connectivity index (χ0v) is 30.7. The second-order valence-electron chi connectivity index (χ2n) is 20.1. The highest BCUT2D eigenvalue weighted by Gasteiger charge is 2.84. The van der Waals surface area contributed by atoms with Gasteiger partial charge in [0.05, 0.1) is 43.2 Å². The molecule has 13 atom stereocenters. The molecule has 2 aliphatic heterocycles. The first-order chi connectivity index (χ1) is 21.2. The van der Waals surface area contributed by atoms with Crippen LogP contribution in [-0.2, 0) is 19.0 Å². The van der Waals surface area contributed by atoms with Crippen molar-refractivity contribution in [1.82, 2.24) is 4.90 Å². The van der Waals surface area contributed by atoms with Crippen molar-refractivity contribution in [3.63, 3.8) is 0 Å². The maximum absolute atomic E-state index is 13.1. The summed E-state index contributed by atoms with van der Waals surface area (Å²) < 4.78 is 19.8. The van der Waals surface area contributed by atoms with Crippen molar-refractivity contribution in [1.29, 1.82) is 0 Å². The molecule has 1 amide bonds. The van der Waals surface area contributed by atoms with Crippen LogP contribution in [-0.4, -0.2) is 77.0 Å². The number of aliphatic hydroxyl groups excluding tert-OH is 1. The van der Waals surface area contributed by atoms with E-state index in [0.29, 0.717) is 60.6 Å². The monoisotopic (exact) mass is 643 g/mol. The first kappa shape index (κ1) is 33.8. The Morgan fingerprint density at radius 1 is 0.978 bits per heavy atom. The number of morpholine rings is 1. The topological polar surface area (TPSA) is 88.5 Å². The van der Waals surface area contributed by atoms with Crippen LogP contribution < -0.4 is 0 Å². The summed E-state index contributed by atoms with van der Waals surface area (Å²) in [5.74, 6) is 2.09. The number of amides is 1. The van der Waals surface area contributed by atoms with E-state index in [2.05, 4.69) is 34.6 Å². The number of hydrogen-bond acceptors (Lipinski definition) is 6. The van der Waals surface area contributed by atoms with Crippen molar-refractivity contribution >= 4 is 5.91 Å². The molecule has 5 aliphatic carbocycles. The summed E-state index contributed by atoms with van der Waals surface area (Å²) in [6, 6.07) is 0. The SMILES string of the molecule is C[C@@H]1CC(CC(C)(C)O)OC2[C@H]1C1(C)CCC34CC35CCC(OC3CN(C(=O)C(C)(C)C)CCO3)C(C)(C)[C@@H]5CCC4[C@]1(C)[C@H]2O. The van der Waals surface area contributed by atoms with Crippen LogP contribution in [0, 0.1) is 56.2 Å². The van der Waals surface area contributed by atoms with Crippen molar-refractivity contribution in [3.8, 4) is 0 Å². The average molecular weight is 644 g/mol. The minimum Gasteiger partial charge on any atom is -0.390 e. The van der Waals surface area contributed by atoms with Crippen LogP contribution in [0.1, 0.15) is 127 Å². The lowest BCUT2D eigenvalue weighted by atomic mass is 9.41. The molecular weight excluding hydrogens is 578 g/mol. The minimum atomic E-state index is -0.772. The fourth-order valence-corrected chi connectivity index (χ4v) is 13.9. The van der Waals surface area contributed by atoms with Gasteiger partial charge in [-0.05, 0) is 111 Å². The average Bonchev–Trinajstić information content (AvgIpc) is 3.58. The maximum atomic E-state index is 13.1. The number of carbonyl (C=O) groups excluding carboxylic acids is 1. The second kappa shape index (κ2) is 10.4. The Labute approximate surface area is 278 Å². The van der Waals surface area contributed by atoms with Crippen molar-refractivity contribution in [2.75, 3.05) is 19.7 Å². The van der Waals surface area contributed by atoms with Crippen LogP contribution >= 0.6 is 0 Å². The fraction of sp³-hybridized carbons (Fsp3) is 0.974. The molecule has 2 heterocycles. The Morgan fingerprint density at radius 3 is 2.33 bits per heavy atom. The first-order valence-corrected chi connectivity index (χ1v) is 18.8. The highest BCUT2D eigenvalue weighted by molar-refractivity contribution is 5.81. The lowest BCUT2D eigenvalue weighted by molar-refractivity contribution is -0.248. The third-order valence-electron chi connectivity index (χ3n) is 15.8. The second-order valence-corrected chi connectivity index (χ2v) is 20.1. The summed E-state index contributed by atoms with van der Waals surface area (Å²) in [5.41, 5.74) is -0.666. The third-order valence-corrected chi connectivity index (χ3v) is 15.8. The van der Waals surface area contributed by atoms with E-state index in [1.807, 2.05) is 39.5 Å². The highest BCUT2D eigenvalue weighted by Crippen LogP contribution is 2.89. The molecule has 8 unspecified atom stereocenters. The number of hydrogen-bond donors (Lipinski definition) is 2. The van der Waals surface area contributed by atoms with E-state index in [0.717, 1.165) is 12.8 Å². The fourth-order valence-electron chi connectivity index (χ4n) is 13.9. The van der Waals surface area contributed by atoms with Gasteiger partial charge in [-0.1, -0.05) is 55.4 Å². The number of fused-ring (bicyclic) bond motifs is 4. The van der Waals surface area contributed by atoms with Crippen molar-refractivity contribution in [3.05, 3.63) is 0 Å². The normalized spacial score (nSPS) is 51.3. The van der Waals surface area contributed by atoms with E-state index >= 15 is 0 Å². The molecule has 0 aromatic heterocycles. The van der Waals surface area contributed by atoms with Gasteiger partial charge in [0.2, 0.25) is 5.91 Å². The van der Waals surface area contributed by atoms with E-state index in [-0.39, 0.29) is 46.8 Å². The molecule has 0 radical (unpaired) electrons. The van der Waals surface area contributed by atoms with E-state index in [4.69, 9.17) is 14.2 Å². The number of aliphatic hydroxyl groups is 2. The Kier molecular flexibility index (Phi) is 7.63. The summed E-state index contributed by atoms with van der Waals surface area (Å²) >= 11 is 0. The molecule has 7 heteroatoms. The number of rotatable bonds is 4. The zero-order chi connectivity index (χ0) is 33.5. The van der Waals surface area contributed by atoms with Gasteiger partial charge in [0.25, 0.3) is 0 Å². The summed E-state index contributed by atoms with van der Waals surface area (Å²) in [5, 5.41) is 23.0. The van der Waals surface area contributed by atoms with Gasteiger partial charge in [0.1, 0.15) is 0 Å². The lowest BCUT2D eigenvalue weighted by Crippen LogP contribution is -2.60. The first-order valence-electron chi connectivity index (χ1n) is 18.8. The van der Waals surface area contributed by atoms with Gasteiger partial charge in [-0.15, -0.1) is 0 Å². The van der Waals surface area contributed by atoms with E-state index in [9.17, 15) is 15.0 Å². The Bertz CT molecular complexity index is 1220. The van der Waals surface area contributed by atoms with Gasteiger partial charge < -0.3 is 29.3 Å². The summed E-state index contributed by atoms with van der Waals surface area (Å²) in [6.45, 7) is 23.6. The van der Waals surface area contributed by atoms with Gasteiger partial charge in [0.15, 0.2) is 6.29 Å². The Balaban J connectivity index is 1.10. The third kappa shape index (κ3) is 4.56. The van der Waals surface area contributed by atoms with Crippen LogP contribution in [0.4, 0.5) is 0 Å². The standard InChI is InChI=1S/C39H65NO6/c1-23-19-24(20-34(5,6)43)45-30-29(23)36(9)15-16-39-22-38(39)14-13-27(46-28-21-40(17-18-44-28)32(42)33(2,3)4)35(7,8)25(38)11-12-26(39)37(36,10)31(30)41/h23-31,41,43H,11-22H2,1-10H3/t23-,24?,25+,26?,27?,28?,29+,30?,31+,36?,37-,38?,39?/m1/s1. The van der Waals surface area contributed by atoms with Gasteiger partial charge in [-0.25, -0.2) is 0 Å². The van der Waals surface area contributed by atoms with E-state index in [1.54, 1.807) is 0 Å². The molecule has 7 aliphatic rings. The molecule has 0 aromatic carbocycles. The molecule has 2 N–H and O–H groups in total. The maximum Gasteiger partial charge on any atom is 0.228 e. The summed E-state index contributed by atoms with van der Waals surface area (Å²) in [7, 11) is 0. The molecule has 262 valence electrons. The van der Waals surface area contributed by atoms with Gasteiger partial charge >= 0.3 is 0 Å². The Morgan fingerprint density at radius 2 is 1.65 bits per heavy atom. The predicted molar refractivity (Wildman–Crippen MR) is 178 cm³/mol. The summed E-state index contributed by atoms with van der Waals surface area (Å²) in [4.78, 5) is 15.0. The van der Waals surface area contributed by atoms with Gasteiger partial charge in [0, 0.05) is 23.8 Å². The van der Waals surface area contributed by atoms with Crippen LogP contribution in [0.3, 0.4) is 0 Å². The van der Waals surface area contributed by atoms with Crippen molar-refractivity contribution in [2.45, 2.75) is 163 Å². The van der Waals surface area contributed by atoms with Gasteiger partial charge in [-0.3, -0.25) is 4.79 Å². The smallest absolute Gasteiger partial charge is 0.228 e. The number of carbonyl (C=O) groups is 1. The van der Waals surface area contributed by atoms with Crippen LogP contribution in [0.25, 0.3) is 0 Å². The molecular formula is C39H65NO6. The summed E-state index contributed by atoms with van der Waals surface area (Å²) in [6.07, 6.45) is 9.03. The van der Waals surface area contributed by atoms with Crippen LogP contribution in [0.15, 0.2) is 0 Å². The molecule has 5 saturated carbocycles. The lowest BCUT2D eigenvalue weighted by Gasteiger charge is -2.64. The minimum absolute atomic E-state index is 0.00176. The molecule has 7 nitrogen and oxygen atoms in total. The quantitative estimate of drug-likeness (QED) is 0.360. The molecule has 2 spiro atoms. The number of ether oxygens (including phenoxy) is 3. The van der Waals surface area contributed by atoms with E-state index in [1.165, 1.54) is 38.5 Å². The largest absolute Gasteiger partial charge is 0.390 e. The van der Waals surface area contributed by atoms with Crippen LogP contribution in [0.5, 0.6) is 0 Å². The van der Waals surface area contributed by atoms with Gasteiger partial charge in [-0.2, -0.15) is 0 Å². The van der Waals surface area contributed by atoms with Crippen LogP contribution in [0.2, 0.25) is 0 Å². The number of nitrogens with zero attached hydrogens (tertiary/aromatic N) is 1. The molecule has 0 aromatic rings. The Hall–Kier alpha value is -0.730. The van der Waals surface area contributed by atoms with Crippen molar-refractivity contribution in [2.24, 2.45) is 56.2 Å². The van der Waals surface area contributed by atoms with Crippen molar-refractivity contribution < 1.29 is 29.2 Å². The molecule has 7 fully saturated rings. The zero-order valence-electron chi connectivity index (χ0n) is 30.7. The molecule has 7 rings (SSSR count).